The summed E-state index contributed by atoms with van der Waals surface area (Å²) in [5.74, 6) is -1.90. The van der Waals surface area contributed by atoms with Crippen LogP contribution >= 0.6 is 0 Å². The molecule has 1 heterocycles. The van der Waals surface area contributed by atoms with Crippen molar-refractivity contribution in [3.8, 4) is 0 Å². The van der Waals surface area contributed by atoms with E-state index >= 15 is 0 Å². The molecule has 1 fully saturated rings. The van der Waals surface area contributed by atoms with E-state index in [2.05, 4.69) is 15.1 Å². The monoisotopic (exact) mass is 445 g/mol. The smallest absolute Gasteiger partial charge is 0.336 e. The van der Waals surface area contributed by atoms with Gasteiger partial charge in [0, 0.05) is 49.3 Å². The highest BCUT2D eigenvalue weighted by molar-refractivity contribution is 6.21. The van der Waals surface area contributed by atoms with E-state index in [9.17, 15) is 19.1 Å². The van der Waals surface area contributed by atoms with Crippen molar-refractivity contribution in [1.29, 1.82) is 0 Å². The van der Waals surface area contributed by atoms with E-state index in [-0.39, 0.29) is 11.4 Å². The van der Waals surface area contributed by atoms with Gasteiger partial charge in [0.05, 0.1) is 5.57 Å². The minimum absolute atomic E-state index is 0.0660. The number of carboxylic acids is 1. The highest BCUT2D eigenvalue weighted by Gasteiger charge is 2.18. The Balaban J connectivity index is 1.36. The molecule has 0 unspecified atom stereocenters. The van der Waals surface area contributed by atoms with Gasteiger partial charge in [0.2, 0.25) is 5.91 Å². The second-order valence-corrected chi connectivity index (χ2v) is 7.72. The molecule has 1 aliphatic heterocycles. The zero-order valence-corrected chi connectivity index (χ0v) is 17.9. The highest BCUT2D eigenvalue weighted by Crippen LogP contribution is 2.23. The third-order valence-electron chi connectivity index (χ3n) is 5.56. The lowest BCUT2D eigenvalue weighted by atomic mass is 10.1. The third kappa shape index (κ3) is 5.57. The van der Waals surface area contributed by atoms with E-state index in [0.29, 0.717) is 11.3 Å². The largest absolute Gasteiger partial charge is 0.478 e. The summed E-state index contributed by atoms with van der Waals surface area (Å²) in [5, 5.41) is 12.2. The Morgan fingerprint density at radius 2 is 1.30 bits per heavy atom. The first-order valence-electron chi connectivity index (χ1n) is 10.7. The summed E-state index contributed by atoms with van der Waals surface area (Å²) in [6, 6.07) is 22.5. The van der Waals surface area contributed by atoms with Gasteiger partial charge < -0.3 is 20.2 Å². The van der Waals surface area contributed by atoms with Gasteiger partial charge in [-0.05, 0) is 54.1 Å². The van der Waals surface area contributed by atoms with E-state index in [1.54, 1.807) is 54.6 Å². The highest BCUT2D eigenvalue weighted by atomic mass is 19.1. The molecule has 3 aromatic rings. The minimum Gasteiger partial charge on any atom is -0.478 e. The molecule has 4 rings (SSSR count). The summed E-state index contributed by atoms with van der Waals surface area (Å²) in [6.45, 7) is 3.30. The van der Waals surface area contributed by atoms with Crippen LogP contribution in [0.25, 0.3) is 5.57 Å². The van der Waals surface area contributed by atoms with Gasteiger partial charge in [-0.15, -0.1) is 0 Å². The van der Waals surface area contributed by atoms with Crippen LogP contribution in [0, 0.1) is 5.82 Å². The van der Waals surface area contributed by atoms with Crippen LogP contribution in [0.4, 0.5) is 21.5 Å². The summed E-state index contributed by atoms with van der Waals surface area (Å²) in [4.78, 5) is 28.4. The first kappa shape index (κ1) is 22.1. The lowest BCUT2D eigenvalue weighted by Gasteiger charge is -2.37. The fourth-order valence-electron chi connectivity index (χ4n) is 3.83. The number of halogens is 1. The molecule has 168 valence electrons. The standard InChI is InChI=1S/C26H24FN3O3/c27-20-6-10-22(11-7-20)29-14-16-30(17-15-29)23-12-8-21(9-13-23)28-25(31)18-24(26(32)33)19-4-2-1-3-5-19/h1-13,18H,14-17H2,(H,28,31)(H,32,33). The number of hydrogen-bond donors (Lipinski definition) is 2. The average molecular weight is 445 g/mol. The van der Waals surface area contributed by atoms with Crippen LogP contribution in [0.1, 0.15) is 5.56 Å². The Labute approximate surface area is 191 Å². The van der Waals surface area contributed by atoms with Crippen molar-refractivity contribution < 1.29 is 19.1 Å². The van der Waals surface area contributed by atoms with Crippen LogP contribution in [0.3, 0.4) is 0 Å². The molecule has 0 aromatic heterocycles. The van der Waals surface area contributed by atoms with Crippen molar-refractivity contribution in [3.05, 3.63) is 96.3 Å². The Kier molecular flexibility index (Phi) is 6.69. The lowest BCUT2D eigenvalue weighted by Crippen LogP contribution is -2.46. The molecule has 0 atom stereocenters. The summed E-state index contributed by atoms with van der Waals surface area (Å²) in [7, 11) is 0. The molecule has 3 aromatic carbocycles. The Morgan fingerprint density at radius 3 is 1.82 bits per heavy atom. The number of anilines is 3. The van der Waals surface area contributed by atoms with E-state index in [1.165, 1.54) is 12.1 Å². The maximum absolute atomic E-state index is 13.1. The topological polar surface area (TPSA) is 72.9 Å². The normalized spacial score (nSPS) is 14.2. The molecular formula is C26H24FN3O3. The van der Waals surface area contributed by atoms with Crippen molar-refractivity contribution in [2.24, 2.45) is 0 Å². The summed E-state index contributed by atoms with van der Waals surface area (Å²) < 4.78 is 13.1. The minimum atomic E-state index is -1.16. The summed E-state index contributed by atoms with van der Waals surface area (Å²) >= 11 is 0. The summed E-state index contributed by atoms with van der Waals surface area (Å²) in [5.41, 5.74) is 3.04. The van der Waals surface area contributed by atoms with Gasteiger partial charge in [-0.2, -0.15) is 0 Å². The first-order chi connectivity index (χ1) is 16.0. The van der Waals surface area contributed by atoms with Gasteiger partial charge in [-0.25, -0.2) is 9.18 Å². The molecule has 6 nitrogen and oxygen atoms in total. The molecule has 2 N–H and O–H groups in total. The first-order valence-corrected chi connectivity index (χ1v) is 10.7. The predicted molar refractivity (Wildman–Crippen MR) is 128 cm³/mol. The lowest BCUT2D eigenvalue weighted by molar-refractivity contribution is -0.130. The fourth-order valence-corrected chi connectivity index (χ4v) is 3.83. The number of carbonyl (C=O) groups excluding carboxylic acids is 1. The SMILES string of the molecule is O=C(C=C(C(=O)O)c1ccccc1)Nc1ccc(N2CCN(c3ccc(F)cc3)CC2)cc1. The van der Waals surface area contributed by atoms with Crippen LogP contribution in [-0.4, -0.2) is 43.2 Å². The van der Waals surface area contributed by atoms with Crippen molar-refractivity contribution in [3.63, 3.8) is 0 Å². The molecule has 1 aliphatic rings. The maximum Gasteiger partial charge on any atom is 0.336 e. The average Bonchev–Trinajstić information content (AvgIpc) is 2.84. The molecule has 0 aliphatic carbocycles. The second-order valence-electron chi connectivity index (χ2n) is 7.72. The predicted octanol–water partition coefficient (Wildman–Crippen LogP) is 4.26. The van der Waals surface area contributed by atoms with Crippen molar-refractivity contribution in [2.75, 3.05) is 41.3 Å². The van der Waals surface area contributed by atoms with E-state index in [0.717, 1.165) is 43.6 Å². The van der Waals surface area contributed by atoms with Crippen LogP contribution in [0.15, 0.2) is 84.9 Å². The molecule has 1 amide bonds. The van der Waals surface area contributed by atoms with Crippen molar-refractivity contribution >= 4 is 34.5 Å². The Hall–Kier alpha value is -4.13. The number of nitrogens with one attached hydrogen (secondary N) is 1. The quantitative estimate of drug-likeness (QED) is 0.555. The molecule has 0 bridgehead atoms. The van der Waals surface area contributed by atoms with Crippen LogP contribution in [0.2, 0.25) is 0 Å². The van der Waals surface area contributed by atoms with E-state index in [4.69, 9.17) is 0 Å². The van der Waals surface area contributed by atoms with Crippen LogP contribution < -0.4 is 15.1 Å². The van der Waals surface area contributed by atoms with Gasteiger partial charge >= 0.3 is 5.97 Å². The fraction of sp³-hybridized carbons (Fsp3) is 0.154. The number of rotatable bonds is 6. The van der Waals surface area contributed by atoms with Crippen LogP contribution in [-0.2, 0) is 9.59 Å². The number of carbonyl (C=O) groups is 2. The van der Waals surface area contributed by atoms with Gasteiger partial charge in [-0.3, -0.25) is 4.79 Å². The Bertz CT molecular complexity index is 1140. The molecule has 1 saturated heterocycles. The zero-order valence-electron chi connectivity index (χ0n) is 17.9. The number of nitrogens with zero attached hydrogens (tertiary/aromatic N) is 2. The number of amides is 1. The van der Waals surface area contributed by atoms with Crippen molar-refractivity contribution in [1.82, 2.24) is 0 Å². The van der Waals surface area contributed by atoms with Gasteiger partial charge in [0.1, 0.15) is 5.82 Å². The molecule has 0 spiro atoms. The molecule has 7 heteroatoms. The second kappa shape index (κ2) is 9.99. The number of benzene rings is 3. The molecular weight excluding hydrogens is 421 g/mol. The van der Waals surface area contributed by atoms with E-state index < -0.39 is 11.9 Å². The maximum atomic E-state index is 13.1. The zero-order chi connectivity index (χ0) is 23.2. The Morgan fingerprint density at radius 1 is 0.788 bits per heavy atom. The number of hydrogen-bond acceptors (Lipinski definition) is 4. The third-order valence-corrected chi connectivity index (χ3v) is 5.56. The molecule has 33 heavy (non-hydrogen) atoms. The van der Waals surface area contributed by atoms with Crippen molar-refractivity contribution in [2.45, 2.75) is 0 Å². The summed E-state index contributed by atoms with van der Waals surface area (Å²) in [6.07, 6.45) is 1.10. The van der Waals surface area contributed by atoms with Gasteiger partial charge in [-0.1, -0.05) is 30.3 Å². The van der Waals surface area contributed by atoms with Crippen LogP contribution in [0.5, 0.6) is 0 Å². The molecule has 0 radical (unpaired) electrons. The number of carboxylic acid groups (broad SMARTS) is 1. The van der Waals surface area contributed by atoms with Gasteiger partial charge in [0.15, 0.2) is 0 Å². The van der Waals surface area contributed by atoms with Gasteiger partial charge in [0.25, 0.3) is 0 Å². The number of piperazine rings is 1. The molecule has 0 saturated carbocycles. The van der Waals surface area contributed by atoms with E-state index in [1.807, 2.05) is 12.1 Å². The number of aliphatic carboxylic acids is 1.